The molecule has 0 N–H and O–H groups in total. The van der Waals surface area contributed by atoms with Gasteiger partial charge in [0.15, 0.2) is 11.5 Å². The highest BCUT2D eigenvalue weighted by atomic mass is 17.2. The summed E-state index contributed by atoms with van der Waals surface area (Å²) in [5.74, 6) is 1.40. The van der Waals surface area contributed by atoms with Gasteiger partial charge in [-0.3, -0.25) is 9.78 Å². The summed E-state index contributed by atoms with van der Waals surface area (Å²) in [5.41, 5.74) is 2.09. The van der Waals surface area contributed by atoms with Crippen LogP contribution in [-0.2, 0) is 0 Å². The number of hydrogen-bond acceptors (Lipinski definition) is 2. The number of fused-ring (bicyclic) bond motifs is 1. The van der Waals surface area contributed by atoms with Crippen LogP contribution in [0.25, 0.3) is 21.9 Å². The van der Waals surface area contributed by atoms with E-state index in [9.17, 15) is 0 Å². The lowest BCUT2D eigenvalue weighted by atomic mass is 10.1. The molecule has 0 fully saturated rings. The van der Waals surface area contributed by atoms with Gasteiger partial charge >= 0.3 is 0 Å². The zero-order valence-corrected chi connectivity index (χ0v) is 13.1. The topological polar surface area (TPSA) is 18.5 Å². The van der Waals surface area contributed by atoms with Crippen LogP contribution in [0.1, 0.15) is 0 Å². The molecule has 2 nitrogen and oxygen atoms in total. The molecule has 0 saturated carbocycles. The number of rotatable bonds is 4. The summed E-state index contributed by atoms with van der Waals surface area (Å²) >= 11 is 0. The van der Waals surface area contributed by atoms with Crippen LogP contribution in [0, 0.1) is 0 Å². The first-order valence-corrected chi connectivity index (χ1v) is 7.88. The Hall–Kier alpha value is -3.26. The second-order valence-corrected chi connectivity index (χ2v) is 5.51. The van der Waals surface area contributed by atoms with Gasteiger partial charge in [0.1, 0.15) is 0 Å². The van der Waals surface area contributed by atoms with Crippen molar-refractivity contribution < 1.29 is 9.78 Å². The number of hydrogen-bond donors (Lipinski definition) is 0. The van der Waals surface area contributed by atoms with Gasteiger partial charge in [-0.2, -0.15) is 0 Å². The minimum absolute atomic E-state index is 0.691. The van der Waals surface area contributed by atoms with Gasteiger partial charge in [0.25, 0.3) is 0 Å². The lowest BCUT2D eigenvalue weighted by molar-refractivity contribution is -0.0978. The second-order valence-electron chi connectivity index (χ2n) is 5.51. The summed E-state index contributed by atoms with van der Waals surface area (Å²) in [6, 6.07) is 32.0. The molecule has 4 aromatic carbocycles. The summed E-state index contributed by atoms with van der Waals surface area (Å²) < 4.78 is 0. The highest BCUT2D eigenvalue weighted by Crippen LogP contribution is 2.31. The Kier molecular flexibility index (Phi) is 3.86. The van der Waals surface area contributed by atoms with Crippen molar-refractivity contribution in [3.63, 3.8) is 0 Å². The predicted octanol–water partition coefficient (Wildman–Crippen LogP) is 5.88. The van der Waals surface area contributed by atoms with Crippen molar-refractivity contribution in [2.75, 3.05) is 0 Å². The van der Waals surface area contributed by atoms with Gasteiger partial charge in [-0.15, -0.1) is 0 Å². The van der Waals surface area contributed by atoms with Crippen molar-refractivity contribution in [3.05, 3.63) is 97.1 Å². The molecule has 2 heteroatoms. The van der Waals surface area contributed by atoms with Gasteiger partial charge in [0, 0.05) is 10.9 Å². The fourth-order valence-corrected chi connectivity index (χ4v) is 2.75. The predicted molar refractivity (Wildman–Crippen MR) is 97.1 cm³/mol. The molecular weight excluding hydrogens is 296 g/mol. The summed E-state index contributed by atoms with van der Waals surface area (Å²) in [5, 5.41) is 2.15. The molecule has 0 saturated heterocycles. The van der Waals surface area contributed by atoms with Crippen molar-refractivity contribution in [1.29, 1.82) is 0 Å². The van der Waals surface area contributed by atoms with Gasteiger partial charge in [-0.1, -0.05) is 84.9 Å². The van der Waals surface area contributed by atoms with Crippen LogP contribution in [0.15, 0.2) is 97.1 Å². The third kappa shape index (κ3) is 2.82. The van der Waals surface area contributed by atoms with Crippen LogP contribution < -0.4 is 9.78 Å². The molecule has 0 spiro atoms. The van der Waals surface area contributed by atoms with Crippen molar-refractivity contribution in [1.82, 2.24) is 0 Å². The Balaban J connectivity index is 1.65. The quantitative estimate of drug-likeness (QED) is 0.346. The van der Waals surface area contributed by atoms with Crippen LogP contribution in [0.5, 0.6) is 11.5 Å². The molecule has 0 heterocycles. The van der Waals surface area contributed by atoms with Crippen molar-refractivity contribution in [2.24, 2.45) is 0 Å². The smallest absolute Gasteiger partial charge is 0.186 e. The molecule has 24 heavy (non-hydrogen) atoms. The first-order chi connectivity index (χ1) is 11.9. The molecular formula is C22H16O2. The largest absolute Gasteiger partial charge is 0.289 e. The summed E-state index contributed by atoms with van der Waals surface area (Å²) in [6.45, 7) is 0. The van der Waals surface area contributed by atoms with Gasteiger partial charge in [-0.05, 0) is 23.1 Å². The molecule has 0 unspecified atom stereocenters. The molecule has 0 aliphatic heterocycles. The zero-order chi connectivity index (χ0) is 16.2. The lowest BCUT2D eigenvalue weighted by Crippen LogP contribution is -2.02. The van der Waals surface area contributed by atoms with E-state index in [2.05, 4.69) is 24.3 Å². The van der Waals surface area contributed by atoms with E-state index < -0.39 is 0 Å². The summed E-state index contributed by atoms with van der Waals surface area (Å²) in [7, 11) is 0. The van der Waals surface area contributed by atoms with Crippen LogP contribution in [-0.4, -0.2) is 0 Å². The Bertz CT molecular complexity index is 956. The maximum absolute atomic E-state index is 5.69. The average molecular weight is 312 g/mol. The normalized spacial score (nSPS) is 10.5. The number of para-hydroxylation sites is 1. The van der Waals surface area contributed by atoms with Crippen molar-refractivity contribution in [3.8, 4) is 22.6 Å². The summed E-state index contributed by atoms with van der Waals surface area (Å²) in [6.07, 6.45) is 0. The molecule has 0 amide bonds. The van der Waals surface area contributed by atoms with E-state index in [1.165, 1.54) is 0 Å². The minimum atomic E-state index is 0.691. The monoisotopic (exact) mass is 312 g/mol. The third-order valence-corrected chi connectivity index (χ3v) is 3.94. The Labute approximate surface area is 140 Å². The van der Waals surface area contributed by atoms with Gasteiger partial charge in [0.2, 0.25) is 0 Å². The Morgan fingerprint density at radius 2 is 1.08 bits per heavy atom. The second kappa shape index (κ2) is 6.47. The average Bonchev–Trinajstić information content (AvgIpc) is 2.67. The molecule has 0 atom stereocenters. The third-order valence-electron chi connectivity index (χ3n) is 3.94. The Morgan fingerprint density at radius 3 is 2.00 bits per heavy atom. The highest BCUT2D eigenvalue weighted by Gasteiger charge is 2.08. The highest BCUT2D eigenvalue weighted by molar-refractivity contribution is 5.88. The van der Waals surface area contributed by atoms with E-state index in [-0.39, 0.29) is 0 Å². The first kappa shape index (κ1) is 14.3. The van der Waals surface area contributed by atoms with Crippen LogP contribution >= 0.6 is 0 Å². The van der Waals surface area contributed by atoms with Crippen molar-refractivity contribution in [2.45, 2.75) is 0 Å². The SMILES string of the molecule is c1ccc(-c2ccccc2OOc2cccc3ccccc23)cc1. The maximum Gasteiger partial charge on any atom is 0.186 e. The summed E-state index contributed by atoms with van der Waals surface area (Å²) in [4.78, 5) is 11.4. The van der Waals surface area contributed by atoms with Crippen molar-refractivity contribution >= 4 is 10.8 Å². The van der Waals surface area contributed by atoms with E-state index in [1.54, 1.807) is 0 Å². The van der Waals surface area contributed by atoms with Gasteiger partial charge in [-0.25, -0.2) is 0 Å². The minimum Gasteiger partial charge on any atom is -0.289 e. The van der Waals surface area contributed by atoms with Gasteiger partial charge < -0.3 is 0 Å². The van der Waals surface area contributed by atoms with E-state index in [0.717, 1.165) is 21.9 Å². The van der Waals surface area contributed by atoms with Crippen LogP contribution in [0.3, 0.4) is 0 Å². The maximum atomic E-state index is 5.69. The molecule has 0 bridgehead atoms. The Morgan fingerprint density at radius 1 is 0.458 bits per heavy atom. The van der Waals surface area contributed by atoms with E-state index in [1.807, 2.05) is 72.8 Å². The molecule has 116 valence electrons. The van der Waals surface area contributed by atoms with Crippen LogP contribution in [0.4, 0.5) is 0 Å². The van der Waals surface area contributed by atoms with Gasteiger partial charge in [0.05, 0.1) is 0 Å². The van der Waals surface area contributed by atoms with E-state index in [0.29, 0.717) is 11.5 Å². The molecule has 0 radical (unpaired) electrons. The standard InChI is InChI=1S/C22H16O2/c1-2-9-17(10-3-1)19-14-6-7-15-21(19)23-24-22-16-8-12-18-11-4-5-13-20(18)22/h1-16H. The van der Waals surface area contributed by atoms with Crippen LogP contribution in [0.2, 0.25) is 0 Å². The molecule has 4 rings (SSSR count). The lowest BCUT2D eigenvalue weighted by Gasteiger charge is -2.11. The molecule has 4 aromatic rings. The fourth-order valence-electron chi connectivity index (χ4n) is 2.75. The first-order valence-electron chi connectivity index (χ1n) is 7.88. The molecule has 0 aliphatic carbocycles. The number of benzene rings is 4. The van der Waals surface area contributed by atoms with E-state index in [4.69, 9.17) is 9.78 Å². The molecule has 0 aromatic heterocycles. The fraction of sp³-hybridized carbons (Fsp3) is 0. The molecule has 0 aliphatic rings. The zero-order valence-electron chi connectivity index (χ0n) is 13.1. The van der Waals surface area contributed by atoms with E-state index >= 15 is 0 Å².